The maximum absolute atomic E-state index is 3.43. The van der Waals surface area contributed by atoms with E-state index >= 15 is 0 Å². The Morgan fingerprint density at radius 2 is 2.07 bits per heavy atom. The van der Waals surface area contributed by atoms with E-state index in [9.17, 15) is 0 Å². The third kappa shape index (κ3) is 2.04. The Kier molecular flexibility index (Phi) is 4.21. The molecule has 1 atom stereocenters. The normalized spacial score (nSPS) is 13.9. The lowest BCUT2D eigenvalue weighted by Crippen LogP contribution is -2.31. The number of rotatable bonds is 0. The van der Waals surface area contributed by atoms with Crippen LogP contribution in [0.4, 0.5) is 11.4 Å². The molecule has 0 fully saturated rings. The molecule has 14 heavy (non-hydrogen) atoms. The predicted molar refractivity (Wildman–Crippen MR) is 71.5 cm³/mol. The van der Waals surface area contributed by atoms with E-state index in [1.165, 1.54) is 20.9 Å². The molecule has 2 heterocycles. The Morgan fingerprint density at radius 1 is 1.43 bits per heavy atom. The van der Waals surface area contributed by atoms with E-state index in [-0.39, 0.29) is 0 Å². The summed E-state index contributed by atoms with van der Waals surface area (Å²) in [4.78, 5) is 3.73. The first kappa shape index (κ1) is 11.8. The number of nitrogens with one attached hydrogen (secondary N) is 1. The quantitative estimate of drug-likeness (QED) is 0.689. The number of fused-ring (bicyclic) bond motifs is 1. The van der Waals surface area contributed by atoms with Gasteiger partial charge in [-0.3, -0.25) is 0 Å². The lowest BCUT2D eigenvalue weighted by Gasteiger charge is -2.27. The van der Waals surface area contributed by atoms with Gasteiger partial charge in [0, 0.05) is 29.6 Å². The second-order valence-corrected chi connectivity index (χ2v) is 5.35. The average molecular weight is 230 g/mol. The molecule has 80 valence electrons. The van der Waals surface area contributed by atoms with Gasteiger partial charge in [0.05, 0.1) is 11.4 Å². The van der Waals surface area contributed by atoms with Crippen molar-refractivity contribution in [3.05, 3.63) is 4.88 Å². The average Bonchev–Trinajstić information content (AvgIpc) is 2.47. The first-order valence-electron chi connectivity index (χ1n) is 5.04. The van der Waals surface area contributed by atoms with Gasteiger partial charge in [0.1, 0.15) is 0 Å². The van der Waals surface area contributed by atoms with Gasteiger partial charge in [0.15, 0.2) is 0 Å². The molecular weight excluding hydrogens is 211 g/mol. The molecule has 0 bridgehead atoms. The summed E-state index contributed by atoms with van der Waals surface area (Å²) in [5.41, 5.74) is 2.70. The molecule has 1 aliphatic rings. The Labute approximate surface area is 92.9 Å². The van der Waals surface area contributed by atoms with E-state index in [4.69, 9.17) is 0 Å². The number of hydrogen-bond acceptors (Lipinski definition) is 3. The third-order valence-corrected chi connectivity index (χ3v) is 3.78. The van der Waals surface area contributed by atoms with E-state index in [1.807, 2.05) is 25.2 Å². The molecule has 0 radical (unpaired) electrons. The van der Waals surface area contributed by atoms with Crippen molar-refractivity contribution in [2.45, 2.75) is 20.8 Å². The Hall–Kier alpha value is -0.270. The van der Waals surface area contributed by atoms with Gasteiger partial charge < -0.3 is 10.2 Å². The first-order valence-corrected chi connectivity index (χ1v) is 6.43. The maximum atomic E-state index is 3.43. The fraction of sp³-hybridized carbons (Fsp3) is 0.600. The van der Waals surface area contributed by atoms with Gasteiger partial charge >= 0.3 is 0 Å². The largest absolute Gasteiger partial charge is 0.380 e. The summed E-state index contributed by atoms with van der Waals surface area (Å²) in [5, 5.41) is 3.43. The van der Waals surface area contributed by atoms with Gasteiger partial charge in [-0.25, -0.2) is 0 Å². The van der Waals surface area contributed by atoms with Crippen LogP contribution in [-0.4, -0.2) is 20.1 Å². The summed E-state index contributed by atoms with van der Waals surface area (Å²) in [6.45, 7) is 8.34. The summed E-state index contributed by atoms with van der Waals surface area (Å²) in [6, 6.07) is 0. The summed E-state index contributed by atoms with van der Waals surface area (Å²) in [6.07, 6.45) is 0. The topological polar surface area (TPSA) is 15.3 Å². The van der Waals surface area contributed by atoms with Crippen molar-refractivity contribution in [2.75, 3.05) is 30.4 Å². The van der Waals surface area contributed by atoms with Crippen molar-refractivity contribution in [2.24, 2.45) is 0 Å². The molecule has 1 aromatic rings. The maximum Gasteiger partial charge on any atom is 0.0763 e. The Balaban J connectivity index is 0.000000461. The molecule has 0 aromatic carbocycles. The fourth-order valence-corrected chi connectivity index (χ4v) is 3.37. The molecule has 1 N–H and O–H groups in total. The number of likely N-dealkylation sites (N-methyl/N-ethyl adjacent to an activating group) is 1. The summed E-state index contributed by atoms with van der Waals surface area (Å²) in [7, 11) is 4.95. The van der Waals surface area contributed by atoms with Gasteiger partial charge in [-0.05, 0) is 6.92 Å². The molecule has 0 aliphatic carbocycles. The Bertz CT molecular complexity index is 309. The van der Waals surface area contributed by atoms with Crippen molar-refractivity contribution in [3.63, 3.8) is 0 Å². The standard InChI is InChI=1S/C8H13N2PS.C2H6/c1-5-7-6(8(11)12-5)9-3-4-10(7)2;1-2/h9H,3-4,11H2,1-2H3;1-2H3. The van der Waals surface area contributed by atoms with Crippen molar-refractivity contribution in [1.82, 2.24) is 0 Å². The monoisotopic (exact) mass is 230 g/mol. The van der Waals surface area contributed by atoms with Crippen LogP contribution in [0.25, 0.3) is 0 Å². The number of aryl methyl sites for hydroxylation is 1. The van der Waals surface area contributed by atoms with Crippen LogP contribution in [0.15, 0.2) is 0 Å². The lowest BCUT2D eigenvalue weighted by atomic mass is 10.2. The summed E-state index contributed by atoms with van der Waals surface area (Å²) in [5.74, 6) is 0. The van der Waals surface area contributed by atoms with Crippen LogP contribution >= 0.6 is 20.6 Å². The van der Waals surface area contributed by atoms with Gasteiger partial charge in [-0.1, -0.05) is 23.1 Å². The molecule has 0 spiro atoms. The molecule has 1 aliphatic heterocycles. The molecule has 0 saturated carbocycles. The summed E-state index contributed by atoms with van der Waals surface area (Å²) < 4.78 is 1.33. The minimum atomic E-state index is 1.06. The molecule has 0 saturated heterocycles. The molecule has 4 heteroatoms. The zero-order valence-electron chi connectivity index (χ0n) is 9.35. The molecule has 1 unspecified atom stereocenters. The van der Waals surface area contributed by atoms with E-state index in [0.717, 1.165) is 13.1 Å². The zero-order chi connectivity index (χ0) is 10.7. The van der Waals surface area contributed by atoms with Crippen LogP contribution in [0.2, 0.25) is 0 Å². The number of hydrogen-bond donors (Lipinski definition) is 1. The van der Waals surface area contributed by atoms with Crippen molar-refractivity contribution < 1.29 is 0 Å². The van der Waals surface area contributed by atoms with E-state index in [0.29, 0.717) is 0 Å². The Morgan fingerprint density at radius 3 is 2.64 bits per heavy atom. The predicted octanol–water partition coefficient (Wildman–Crippen LogP) is 2.44. The molecule has 1 aromatic heterocycles. The minimum Gasteiger partial charge on any atom is -0.380 e. The molecule has 2 nitrogen and oxygen atoms in total. The second-order valence-electron chi connectivity index (χ2n) is 3.09. The van der Waals surface area contributed by atoms with Crippen LogP contribution in [-0.2, 0) is 0 Å². The third-order valence-electron chi connectivity index (χ3n) is 2.21. The minimum absolute atomic E-state index is 1.06. The van der Waals surface area contributed by atoms with Crippen molar-refractivity contribution in [1.29, 1.82) is 0 Å². The van der Waals surface area contributed by atoms with Gasteiger partial charge in [0.2, 0.25) is 0 Å². The van der Waals surface area contributed by atoms with E-state index in [2.05, 4.69) is 33.4 Å². The molecule has 2 rings (SSSR count). The van der Waals surface area contributed by atoms with Crippen LogP contribution in [0, 0.1) is 6.92 Å². The van der Waals surface area contributed by atoms with Crippen LogP contribution in [0.5, 0.6) is 0 Å². The van der Waals surface area contributed by atoms with Crippen molar-refractivity contribution >= 4 is 36.6 Å². The zero-order valence-corrected chi connectivity index (χ0v) is 11.3. The number of anilines is 2. The van der Waals surface area contributed by atoms with Crippen molar-refractivity contribution in [3.8, 4) is 0 Å². The van der Waals surface area contributed by atoms with Crippen LogP contribution < -0.4 is 14.8 Å². The van der Waals surface area contributed by atoms with Gasteiger partial charge in [-0.15, -0.1) is 11.3 Å². The van der Waals surface area contributed by atoms with Gasteiger partial charge in [-0.2, -0.15) is 0 Å². The SMILES string of the molecule is CC.Cc1sc(P)c2c1N(C)CCN2. The lowest BCUT2D eigenvalue weighted by molar-refractivity contribution is 0.888. The van der Waals surface area contributed by atoms with Crippen LogP contribution in [0.1, 0.15) is 18.7 Å². The smallest absolute Gasteiger partial charge is 0.0763 e. The highest BCUT2D eigenvalue weighted by molar-refractivity contribution is 7.44. The van der Waals surface area contributed by atoms with Crippen LogP contribution in [0.3, 0.4) is 0 Å². The molecule has 0 amide bonds. The molecular formula is C10H19N2PS. The highest BCUT2D eigenvalue weighted by Crippen LogP contribution is 2.36. The summed E-state index contributed by atoms with van der Waals surface area (Å²) >= 11 is 1.85. The van der Waals surface area contributed by atoms with Gasteiger partial charge in [0.25, 0.3) is 0 Å². The van der Waals surface area contributed by atoms with E-state index in [1.54, 1.807) is 0 Å². The first-order chi connectivity index (χ1) is 6.70. The number of nitrogens with zero attached hydrogens (tertiary/aromatic N) is 1. The number of thiophene rings is 1. The highest BCUT2D eigenvalue weighted by atomic mass is 32.1. The fourth-order valence-electron chi connectivity index (χ4n) is 1.65. The van der Waals surface area contributed by atoms with E-state index < -0.39 is 0 Å². The second kappa shape index (κ2) is 4.99. The highest BCUT2D eigenvalue weighted by Gasteiger charge is 2.19.